The molecule has 2 aromatic rings. The summed E-state index contributed by atoms with van der Waals surface area (Å²) in [5.74, 6) is -0.702. The molecule has 156 valence electrons. The second-order valence-corrected chi connectivity index (χ2v) is 7.47. The molecule has 0 bridgehead atoms. The molecule has 0 radical (unpaired) electrons. The molecule has 3 rings (SSSR count). The number of nitrogens with one attached hydrogen (secondary N) is 2. The molecule has 1 heterocycles. The highest BCUT2D eigenvalue weighted by Gasteiger charge is 2.29. The van der Waals surface area contributed by atoms with Crippen LogP contribution in [0.4, 0.5) is 14.9 Å². The summed E-state index contributed by atoms with van der Waals surface area (Å²) < 4.78 is 13.3. The highest BCUT2D eigenvalue weighted by atomic mass is 35.5. The first-order valence-electron chi connectivity index (χ1n) is 9.34. The summed E-state index contributed by atoms with van der Waals surface area (Å²) in [5, 5.41) is 6.00. The average Bonchev–Trinajstić information content (AvgIpc) is 2.69. The number of amides is 3. The molecule has 0 fully saturated rings. The van der Waals surface area contributed by atoms with Gasteiger partial charge in [0.1, 0.15) is 5.82 Å². The van der Waals surface area contributed by atoms with E-state index in [0.717, 1.165) is 5.56 Å². The van der Waals surface area contributed by atoms with Crippen LogP contribution in [-0.2, 0) is 16.1 Å². The lowest BCUT2D eigenvalue weighted by Gasteiger charge is -2.31. The maximum Gasteiger partial charge on any atom is 0.326 e. The molecule has 3 amide bonds. The van der Waals surface area contributed by atoms with E-state index in [-0.39, 0.29) is 24.7 Å². The van der Waals surface area contributed by atoms with Crippen LogP contribution < -0.4 is 10.6 Å². The second kappa shape index (κ2) is 9.09. The molecular weight excluding hydrogens is 409 g/mol. The number of aryl methyl sites for hydroxylation is 1. The van der Waals surface area contributed by atoms with Gasteiger partial charge in [0.2, 0.25) is 5.91 Å². The molecule has 8 heteroatoms. The van der Waals surface area contributed by atoms with Crippen molar-refractivity contribution in [1.82, 2.24) is 10.2 Å². The molecule has 2 aromatic carbocycles. The van der Waals surface area contributed by atoms with Crippen molar-refractivity contribution in [2.75, 3.05) is 5.32 Å². The van der Waals surface area contributed by atoms with Gasteiger partial charge in [0.25, 0.3) is 0 Å². The van der Waals surface area contributed by atoms with Gasteiger partial charge >= 0.3 is 6.03 Å². The minimum Gasteiger partial charge on any atom is -0.352 e. The van der Waals surface area contributed by atoms with Crippen molar-refractivity contribution >= 4 is 35.0 Å². The molecule has 0 saturated heterocycles. The number of benzene rings is 2. The Balaban J connectivity index is 1.85. The fourth-order valence-electron chi connectivity index (χ4n) is 3.18. The van der Waals surface area contributed by atoms with Crippen molar-refractivity contribution in [1.29, 1.82) is 0 Å². The van der Waals surface area contributed by atoms with Crippen LogP contribution in [0.1, 0.15) is 36.1 Å². The first-order valence-corrected chi connectivity index (χ1v) is 9.71. The normalized spacial score (nSPS) is 15.8. The number of carbonyl (C=O) groups excluding carboxylic acids is 3. The van der Waals surface area contributed by atoms with E-state index < -0.39 is 17.9 Å². The Labute approximate surface area is 178 Å². The molecule has 1 atom stereocenters. The minimum absolute atomic E-state index is 0.100. The Morgan fingerprint density at radius 1 is 1.23 bits per heavy atom. The molecule has 0 aliphatic carbocycles. The third kappa shape index (κ3) is 5.04. The van der Waals surface area contributed by atoms with Crippen LogP contribution >= 0.6 is 11.6 Å². The molecule has 30 heavy (non-hydrogen) atoms. The van der Waals surface area contributed by atoms with Gasteiger partial charge in [-0.05, 0) is 54.0 Å². The zero-order valence-corrected chi connectivity index (χ0v) is 17.3. The SMILES string of the molecule is CC(=O)NCc1cc(NC(=O)N2C=CC(=O)C[C@H]2c2ccc(F)cc2)c(C)cc1Cl. The average molecular weight is 430 g/mol. The van der Waals surface area contributed by atoms with Gasteiger partial charge in [0.15, 0.2) is 5.78 Å². The van der Waals surface area contributed by atoms with Gasteiger partial charge in [0, 0.05) is 36.8 Å². The number of rotatable bonds is 4. The van der Waals surface area contributed by atoms with Crippen molar-refractivity contribution < 1.29 is 18.8 Å². The van der Waals surface area contributed by atoms with Crippen LogP contribution in [0.5, 0.6) is 0 Å². The molecular formula is C22H21ClFN3O3. The fraction of sp³-hybridized carbons (Fsp3) is 0.227. The summed E-state index contributed by atoms with van der Waals surface area (Å²) in [6.07, 6.45) is 2.87. The molecule has 0 saturated carbocycles. The van der Waals surface area contributed by atoms with Crippen molar-refractivity contribution in [3.05, 3.63) is 76.2 Å². The standard InChI is InChI=1S/C22H21ClFN3O3/c1-13-9-19(23)16(12-25-14(2)28)10-20(13)26-22(30)27-8-7-18(29)11-21(27)15-3-5-17(24)6-4-15/h3-10,21H,11-12H2,1-2H3,(H,25,28)(H,26,30)/t21-/m0/s1. The predicted molar refractivity (Wildman–Crippen MR) is 112 cm³/mol. The number of anilines is 1. The van der Waals surface area contributed by atoms with Crippen molar-refractivity contribution in [2.24, 2.45) is 0 Å². The number of urea groups is 1. The fourth-order valence-corrected chi connectivity index (χ4v) is 3.47. The second-order valence-electron chi connectivity index (χ2n) is 7.06. The summed E-state index contributed by atoms with van der Waals surface area (Å²) in [6.45, 7) is 3.44. The van der Waals surface area contributed by atoms with E-state index in [0.29, 0.717) is 21.8 Å². The van der Waals surface area contributed by atoms with E-state index in [9.17, 15) is 18.8 Å². The summed E-state index contributed by atoms with van der Waals surface area (Å²) in [4.78, 5) is 37.6. The molecule has 0 spiro atoms. The molecule has 2 N–H and O–H groups in total. The van der Waals surface area contributed by atoms with Gasteiger partial charge in [-0.15, -0.1) is 0 Å². The number of hydrogen-bond acceptors (Lipinski definition) is 3. The third-order valence-corrected chi connectivity index (χ3v) is 5.16. The van der Waals surface area contributed by atoms with Gasteiger partial charge in [-0.1, -0.05) is 23.7 Å². The van der Waals surface area contributed by atoms with E-state index in [4.69, 9.17) is 11.6 Å². The summed E-state index contributed by atoms with van der Waals surface area (Å²) in [5.41, 5.74) is 2.60. The van der Waals surface area contributed by atoms with Gasteiger partial charge in [-0.2, -0.15) is 0 Å². The van der Waals surface area contributed by atoms with Crippen molar-refractivity contribution in [3.63, 3.8) is 0 Å². The maximum atomic E-state index is 13.3. The number of hydrogen-bond donors (Lipinski definition) is 2. The van der Waals surface area contributed by atoms with Crippen LogP contribution in [0, 0.1) is 12.7 Å². The topological polar surface area (TPSA) is 78.5 Å². The number of allylic oxidation sites excluding steroid dienone is 1. The molecule has 6 nitrogen and oxygen atoms in total. The van der Waals surface area contributed by atoms with E-state index in [1.54, 1.807) is 31.2 Å². The number of ketones is 1. The van der Waals surface area contributed by atoms with Gasteiger partial charge in [0.05, 0.1) is 6.04 Å². The van der Waals surface area contributed by atoms with Crippen LogP contribution in [0.3, 0.4) is 0 Å². The highest BCUT2D eigenvalue weighted by molar-refractivity contribution is 6.31. The highest BCUT2D eigenvalue weighted by Crippen LogP contribution is 2.31. The minimum atomic E-state index is -0.547. The number of carbonyl (C=O) groups is 3. The smallest absolute Gasteiger partial charge is 0.326 e. The Morgan fingerprint density at radius 3 is 2.60 bits per heavy atom. The Bertz CT molecular complexity index is 1020. The zero-order chi connectivity index (χ0) is 21.8. The van der Waals surface area contributed by atoms with Crippen molar-refractivity contribution in [2.45, 2.75) is 32.9 Å². The largest absolute Gasteiger partial charge is 0.352 e. The molecule has 1 aliphatic rings. The van der Waals surface area contributed by atoms with Crippen LogP contribution in [0.25, 0.3) is 0 Å². The number of nitrogens with zero attached hydrogens (tertiary/aromatic N) is 1. The Morgan fingerprint density at radius 2 is 1.93 bits per heavy atom. The quantitative estimate of drug-likeness (QED) is 0.751. The summed E-state index contributed by atoms with van der Waals surface area (Å²) in [7, 11) is 0. The summed E-state index contributed by atoms with van der Waals surface area (Å²) >= 11 is 6.25. The van der Waals surface area contributed by atoms with Gasteiger partial charge < -0.3 is 10.6 Å². The number of halogens is 2. The van der Waals surface area contributed by atoms with Crippen LogP contribution in [0.2, 0.25) is 5.02 Å². The zero-order valence-electron chi connectivity index (χ0n) is 16.5. The van der Waals surface area contributed by atoms with Crippen LogP contribution in [0.15, 0.2) is 48.7 Å². The first kappa shape index (κ1) is 21.5. The van der Waals surface area contributed by atoms with Gasteiger partial charge in [-0.3, -0.25) is 14.5 Å². The first-order chi connectivity index (χ1) is 14.2. The van der Waals surface area contributed by atoms with E-state index in [1.165, 1.54) is 36.2 Å². The molecule has 0 aromatic heterocycles. The lowest BCUT2D eigenvalue weighted by atomic mass is 9.97. The molecule has 1 aliphatic heterocycles. The predicted octanol–water partition coefficient (Wildman–Crippen LogP) is 4.49. The maximum absolute atomic E-state index is 13.3. The third-order valence-electron chi connectivity index (χ3n) is 4.80. The van der Waals surface area contributed by atoms with E-state index in [1.807, 2.05) is 0 Å². The van der Waals surface area contributed by atoms with Crippen LogP contribution in [-0.4, -0.2) is 22.6 Å². The van der Waals surface area contributed by atoms with Crippen molar-refractivity contribution in [3.8, 4) is 0 Å². The summed E-state index contributed by atoms with van der Waals surface area (Å²) in [6, 6.07) is 8.15. The van der Waals surface area contributed by atoms with E-state index in [2.05, 4.69) is 10.6 Å². The molecule has 0 unspecified atom stereocenters. The van der Waals surface area contributed by atoms with Gasteiger partial charge in [-0.25, -0.2) is 9.18 Å². The monoisotopic (exact) mass is 429 g/mol. The Hall–Kier alpha value is -3.19. The van der Waals surface area contributed by atoms with E-state index >= 15 is 0 Å². The lowest BCUT2D eigenvalue weighted by molar-refractivity contribution is -0.119. The Kier molecular flexibility index (Phi) is 6.52. The lowest BCUT2D eigenvalue weighted by Crippen LogP contribution is -2.37.